The predicted molar refractivity (Wildman–Crippen MR) is 124 cm³/mol. The number of ether oxygens (including phenoxy) is 1. The molecule has 31 heavy (non-hydrogen) atoms. The molecule has 1 aromatic heterocycles. The number of carbonyl (C=O) groups is 1. The molecule has 0 saturated heterocycles. The molecule has 0 fully saturated rings. The van der Waals surface area contributed by atoms with E-state index < -0.39 is 5.25 Å². The fourth-order valence-corrected chi connectivity index (χ4v) is 4.28. The van der Waals surface area contributed by atoms with Crippen molar-refractivity contribution >= 4 is 40.9 Å². The number of nitrogens with one attached hydrogen (secondary N) is 1. The first-order valence-electron chi connectivity index (χ1n) is 9.52. The third-order valence-electron chi connectivity index (χ3n) is 4.70. The minimum atomic E-state index is -0.436. The molecule has 0 aliphatic rings. The zero-order valence-electron chi connectivity index (χ0n) is 17.3. The van der Waals surface area contributed by atoms with Crippen LogP contribution in [0.2, 0.25) is 10.0 Å². The minimum absolute atomic E-state index is 0.164. The van der Waals surface area contributed by atoms with Crippen LogP contribution in [0.25, 0.3) is 0 Å². The highest BCUT2D eigenvalue weighted by molar-refractivity contribution is 8.00. The van der Waals surface area contributed by atoms with E-state index in [9.17, 15) is 4.79 Å². The molecule has 0 spiro atoms. The van der Waals surface area contributed by atoms with Crippen molar-refractivity contribution in [3.05, 3.63) is 69.5 Å². The molecule has 2 atom stereocenters. The van der Waals surface area contributed by atoms with Gasteiger partial charge < -0.3 is 15.9 Å². The maximum atomic E-state index is 12.7. The van der Waals surface area contributed by atoms with E-state index in [0.717, 1.165) is 16.9 Å². The average Bonchev–Trinajstić information content (AvgIpc) is 3.07. The van der Waals surface area contributed by atoms with E-state index in [-0.39, 0.29) is 11.9 Å². The van der Waals surface area contributed by atoms with Gasteiger partial charge in [-0.1, -0.05) is 53.2 Å². The number of amides is 1. The monoisotopic (exact) mass is 479 g/mol. The summed E-state index contributed by atoms with van der Waals surface area (Å²) < 4.78 is 6.58. The molecule has 0 bridgehead atoms. The molecule has 2 aromatic carbocycles. The lowest BCUT2D eigenvalue weighted by Gasteiger charge is -2.18. The van der Waals surface area contributed by atoms with Crippen LogP contribution in [0.3, 0.4) is 0 Å². The minimum Gasteiger partial charge on any atom is -0.497 e. The van der Waals surface area contributed by atoms with Crippen LogP contribution in [0, 0.1) is 0 Å². The van der Waals surface area contributed by atoms with Gasteiger partial charge in [-0.15, -0.1) is 10.2 Å². The summed E-state index contributed by atoms with van der Waals surface area (Å²) >= 11 is 13.4. The summed E-state index contributed by atoms with van der Waals surface area (Å²) in [7, 11) is 1.62. The Hall–Kier alpha value is -2.42. The van der Waals surface area contributed by atoms with Crippen LogP contribution in [-0.2, 0) is 11.2 Å². The normalized spacial score (nSPS) is 12.9. The van der Waals surface area contributed by atoms with Crippen molar-refractivity contribution in [1.29, 1.82) is 0 Å². The smallest absolute Gasteiger partial charge is 0.233 e. The lowest BCUT2D eigenvalue weighted by Crippen LogP contribution is -2.33. The molecule has 0 aliphatic heterocycles. The van der Waals surface area contributed by atoms with Crippen LogP contribution in [0.1, 0.15) is 36.8 Å². The number of nitrogen functional groups attached to an aromatic ring is 1. The fraction of sp³-hybridized carbons (Fsp3) is 0.286. The van der Waals surface area contributed by atoms with Crippen LogP contribution in [0.15, 0.2) is 47.6 Å². The first-order valence-corrected chi connectivity index (χ1v) is 11.2. The van der Waals surface area contributed by atoms with Gasteiger partial charge in [0, 0.05) is 16.5 Å². The molecule has 3 N–H and O–H groups in total. The standard InChI is InChI=1S/C21H23Cl2N5O2S/c1-12(17-9-6-15(22)11-18(17)23)25-20(29)13(2)31-21-27-26-19(28(21)24)10-14-4-7-16(30-3)8-5-14/h4-9,11-13H,10,24H2,1-3H3,(H,25,29). The Morgan fingerprint density at radius 3 is 2.55 bits per heavy atom. The maximum Gasteiger partial charge on any atom is 0.233 e. The summed E-state index contributed by atoms with van der Waals surface area (Å²) in [6.45, 7) is 3.65. The molecule has 10 heteroatoms. The molecule has 1 heterocycles. The number of hydrogen-bond acceptors (Lipinski definition) is 6. The first kappa shape index (κ1) is 23.2. The number of carbonyl (C=O) groups excluding carboxylic acids is 1. The summed E-state index contributed by atoms with van der Waals surface area (Å²) in [5, 5.41) is 12.3. The van der Waals surface area contributed by atoms with Gasteiger partial charge >= 0.3 is 0 Å². The number of aromatic nitrogens is 3. The Balaban J connectivity index is 1.61. The SMILES string of the molecule is COc1ccc(Cc2nnc(SC(C)C(=O)NC(C)c3ccc(Cl)cc3Cl)n2N)cc1. The Kier molecular flexibility index (Phi) is 7.69. The van der Waals surface area contributed by atoms with Gasteiger partial charge in [0.2, 0.25) is 11.1 Å². The molecular formula is C21H23Cl2N5O2S. The zero-order valence-corrected chi connectivity index (χ0v) is 19.6. The topological polar surface area (TPSA) is 95.1 Å². The van der Waals surface area contributed by atoms with Crippen LogP contribution in [0.4, 0.5) is 0 Å². The number of hydrogen-bond donors (Lipinski definition) is 2. The van der Waals surface area contributed by atoms with Crippen LogP contribution in [-0.4, -0.2) is 33.1 Å². The number of benzene rings is 2. The van der Waals surface area contributed by atoms with Gasteiger partial charge in [-0.05, 0) is 49.2 Å². The van der Waals surface area contributed by atoms with Crippen molar-refractivity contribution < 1.29 is 9.53 Å². The molecule has 0 saturated carbocycles. The van der Waals surface area contributed by atoms with Gasteiger partial charge in [0.1, 0.15) is 5.75 Å². The lowest BCUT2D eigenvalue weighted by molar-refractivity contribution is -0.120. The van der Waals surface area contributed by atoms with Crippen molar-refractivity contribution in [2.75, 3.05) is 13.0 Å². The predicted octanol–water partition coefficient (Wildman–Crippen LogP) is 4.26. The highest BCUT2D eigenvalue weighted by atomic mass is 35.5. The van der Waals surface area contributed by atoms with E-state index >= 15 is 0 Å². The number of halogens is 2. The molecule has 3 rings (SSSR count). The van der Waals surface area contributed by atoms with Crippen molar-refractivity contribution in [3.63, 3.8) is 0 Å². The number of thioether (sulfide) groups is 1. The van der Waals surface area contributed by atoms with E-state index in [0.29, 0.717) is 27.4 Å². The quantitative estimate of drug-likeness (QED) is 0.370. The van der Waals surface area contributed by atoms with E-state index in [2.05, 4.69) is 15.5 Å². The van der Waals surface area contributed by atoms with Crippen molar-refractivity contribution in [2.45, 2.75) is 36.7 Å². The van der Waals surface area contributed by atoms with Crippen LogP contribution >= 0.6 is 35.0 Å². The van der Waals surface area contributed by atoms with E-state index in [1.54, 1.807) is 32.2 Å². The molecule has 7 nitrogen and oxygen atoms in total. The molecule has 1 amide bonds. The lowest BCUT2D eigenvalue weighted by atomic mass is 10.1. The summed E-state index contributed by atoms with van der Waals surface area (Å²) in [4.78, 5) is 12.7. The van der Waals surface area contributed by atoms with Gasteiger partial charge in [0.05, 0.1) is 18.4 Å². The Labute approximate surface area is 195 Å². The maximum absolute atomic E-state index is 12.7. The van der Waals surface area contributed by atoms with Crippen molar-refractivity contribution in [1.82, 2.24) is 20.2 Å². The van der Waals surface area contributed by atoms with Gasteiger partial charge in [-0.25, -0.2) is 4.68 Å². The van der Waals surface area contributed by atoms with E-state index in [4.69, 9.17) is 33.8 Å². The Morgan fingerprint density at radius 2 is 1.90 bits per heavy atom. The number of methoxy groups -OCH3 is 1. The fourth-order valence-electron chi connectivity index (χ4n) is 2.91. The Morgan fingerprint density at radius 1 is 1.19 bits per heavy atom. The summed E-state index contributed by atoms with van der Waals surface area (Å²) in [6.07, 6.45) is 0.515. The van der Waals surface area contributed by atoms with Crippen molar-refractivity contribution in [3.8, 4) is 5.75 Å². The molecule has 0 aliphatic carbocycles. The van der Waals surface area contributed by atoms with Gasteiger partial charge in [-0.3, -0.25) is 4.79 Å². The number of nitrogens with zero attached hydrogens (tertiary/aromatic N) is 3. The molecule has 164 valence electrons. The van der Waals surface area contributed by atoms with Gasteiger partial charge in [-0.2, -0.15) is 0 Å². The highest BCUT2D eigenvalue weighted by Crippen LogP contribution is 2.27. The molecule has 0 radical (unpaired) electrons. The van der Waals surface area contributed by atoms with Crippen molar-refractivity contribution in [2.24, 2.45) is 0 Å². The molecule has 2 unspecified atom stereocenters. The van der Waals surface area contributed by atoms with Gasteiger partial charge in [0.25, 0.3) is 0 Å². The summed E-state index contributed by atoms with van der Waals surface area (Å²) in [5.41, 5.74) is 1.82. The van der Waals surface area contributed by atoms with E-state index in [1.807, 2.05) is 31.2 Å². The molecule has 3 aromatic rings. The first-order chi connectivity index (χ1) is 14.8. The highest BCUT2D eigenvalue weighted by Gasteiger charge is 2.22. The third kappa shape index (κ3) is 5.84. The van der Waals surface area contributed by atoms with Crippen LogP contribution in [0.5, 0.6) is 5.75 Å². The third-order valence-corrected chi connectivity index (χ3v) is 6.31. The van der Waals surface area contributed by atoms with E-state index in [1.165, 1.54) is 16.4 Å². The largest absolute Gasteiger partial charge is 0.497 e. The average molecular weight is 480 g/mol. The number of rotatable bonds is 8. The summed E-state index contributed by atoms with van der Waals surface area (Å²) in [6, 6.07) is 12.6. The van der Waals surface area contributed by atoms with Crippen LogP contribution < -0.4 is 15.9 Å². The Bertz CT molecular complexity index is 1060. The second-order valence-electron chi connectivity index (χ2n) is 6.95. The second-order valence-corrected chi connectivity index (χ2v) is 9.10. The molecular weight excluding hydrogens is 457 g/mol. The summed E-state index contributed by atoms with van der Waals surface area (Å²) in [5.74, 6) is 7.38. The van der Waals surface area contributed by atoms with Gasteiger partial charge in [0.15, 0.2) is 5.82 Å². The second kappa shape index (κ2) is 10.3. The number of nitrogens with two attached hydrogens (primary N) is 1. The zero-order chi connectivity index (χ0) is 22.5.